The van der Waals surface area contributed by atoms with Crippen LogP contribution in [0.15, 0.2) is 18.2 Å². The lowest BCUT2D eigenvalue weighted by molar-refractivity contribution is 0.0681. The van der Waals surface area contributed by atoms with Crippen LogP contribution in [0.25, 0.3) is 10.8 Å². The van der Waals surface area contributed by atoms with E-state index in [1.807, 2.05) is 0 Å². The third kappa shape index (κ3) is 3.47. The lowest BCUT2D eigenvalue weighted by atomic mass is 9.87. The van der Waals surface area contributed by atoms with Gasteiger partial charge in [-0.05, 0) is 24.6 Å². The second-order valence-electron chi connectivity index (χ2n) is 5.79. The van der Waals surface area contributed by atoms with E-state index in [2.05, 4.69) is 5.32 Å². The van der Waals surface area contributed by atoms with Crippen molar-refractivity contribution in [1.82, 2.24) is 5.32 Å². The van der Waals surface area contributed by atoms with E-state index in [-0.39, 0.29) is 6.54 Å². The number of amides is 2. The molecule has 0 unspecified atom stereocenters. The number of carbonyl (C=O) groups excluding carboxylic acids is 2. The molecule has 0 radical (unpaired) electrons. The molecule has 0 saturated carbocycles. The summed E-state index contributed by atoms with van der Waals surface area (Å²) in [6.07, 6.45) is 0.512. The first-order chi connectivity index (χ1) is 13.1. The van der Waals surface area contributed by atoms with Crippen LogP contribution in [0.4, 0.5) is 0 Å². The largest absolute Gasteiger partial charge is 0.478 e. The molecule has 0 aromatic heterocycles. The molecule has 2 aromatic rings. The Kier molecular flexibility index (Phi) is 5.63. The van der Waals surface area contributed by atoms with Gasteiger partial charge in [-0.15, -0.1) is 0 Å². The fourth-order valence-corrected chi connectivity index (χ4v) is 2.85. The minimum Gasteiger partial charge on any atom is -0.478 e. The molecule has 0 spiro atoms. The summed E-state index contributed by atoms with van der Waals surface area (Å²) in [6.45, 7) is 1.91. The van der Waals surface area contributed by atoms with E-state index in [0.717, 1.165) is 18.2 Å². The van der Waals surface area contributed by atoms with Gasteiger partial charge in [0.05, 0.1) is 22.3 Å². The average molecular weight is 388 g/mol. The summed E-state index contributed by atoms with van der Waals surface area (Å²) in [5, 5.41) is 30.0. The van der Waals surface area contributed by atoms with Crippen LogP contribution >= 0.6 is 0 Å². The monoisotopic (exact) mass is 388 g/mol. The molecule has 146 valence electrons. The Bertz CT molecular complexity index is 1040. The maximum absolute atomic E-state index is 12.6. The van der Waals surface area contributed by atoms with Crippen LogP contribution in [0, 0.1) is 0 Å². The minimum atomic E-state index is -1.61. The van der Waals surface area contributed by atoms with E-state index in [9.17, 15) is 39.3 Å². The van der Waals surface area contributed by atoms with Crippen LogP contribution in [0.2, 0.25) is 0 Å². The molecule has 2 rings (SSSR count). The smallest absolute Gasteiger partial charge is 0.336 e. The topological polar surface area (TPSA) is 184 Å². The number of carbonyl (C=O) groups is 5. The molecule has 0 aliphatic carbocycles. The van der Waals surface area contributed by atoms with Crippen molar-refractivity contribution < 1.29 is 39.3 Å². The quantitative estimate of drug-likeness (QED) is 0.468. The van der Waals surface area contributed by atoms with Gasteiger partial charge in [0.2, 0.25) is 5.91 Å². The number of carboxylic acid groups (broad SMARTS) is 3. The zero-order valence-corrected chi connectivity index (χ0v) is 14.6. The van der Waals surface area contributed by atoms with Gasteiger partial charge in [0.25, 0.3) is 5.91 Å². The number of benzene rings is 2. The molecule has 2 amide bonds. The highest BCUT2D eigenvalue weighted by atomic mass is 16.4. The molecule has 0 saturated heterocycles. The zero-order chi connectivity index (χ0) is 21.2. The molecule has 6 N–H and O–H groups in total. The lowest BCUT2D eigenvalue weighted by Gasteiger charge is -2.16. The van der Waals surface area contributed by atoms with Crippen LogP contribution < -0.4 is 11.1 Å². The Labute approximate surface area is 157 Å². The van der Waals surface area contributed by atoms with Crippen molar-refractivity contribution in [3.05, 3.63) is 46.0 Å². The van der Waals surface area contributed by atoms with Crippen molar-refractivity contribution in [1.29, 1.82) is 0 Å². The van der Waals surface area contributed by atoms with Gasteiger partial charge in [0.15, 0.2) is 0 Å². The van der Waals surface area contributed by atoms with Crippen molar-refractivity contribution in [2.45, 2.75) is 13.3 Å². The fourth-order valence-electron chi connectivity index (χ4n) is 2.85. The predicted molar refractivity (Wildman–Crippen MR) is 96.0 cm³/mol. The first-order valence-electron chi connectivity index (χ1n) is 8.03. The highest BCUT2D eigenvalue weighted by molar-refractivity contribution is 6.26. The second kappa shape index (κ2) is 7.74. The predicted octanol–water partition coefficient (Wildman–Crippen LogP) is 1.17. The number of nitrogens with one attached hydrogen (secondary N) is 1. The van der Waals surface area contributed by atoms with Gasteiger partial charge < -0.3 is 26.4 Å². The van der Waals surface area contributed by atoms with Crippen LogP contribution in [0.1, 0.15) is 65.1 Å². The summed E-state index contributed by atoms with van der Waals surface area (Å²) in [5.74, 6) is -6.73. The fraction of sp³-hybridized carbons (Fsp3) is 0.167. The van der Waals surface area contributed by atoms with Crippen molar-refractivity contribution >= 4 is 40.5 Å². The molecular formula is C18H16N2O8. The second-order valence-corrected chi connectivity index (χ2v) is 5.79. The van der Waals surface area contributed by atoms with E-state index >= 15 is 0 Å². The van der Waals surface area contributed by atoms with E-state index in [1.54, 1.807) is 6.92 Å². The molecule has 0 aliphatic rings. The van der Waals surface area contributed by atoms with Gasteiger partial charge in [-0.3, -0.25) is 9.59 Å². The summed E-state index contributed by atoms with van der Waals surface area (Å²) < 4.78 is 0. The molecule has 0 bridgehead atoms. The van der Waals surface area contributed by atoms with Crippen LogP contribution in [0.3, 0.4) is 0 Å². The van der Waals surface area contributed by atoms with E-state index in [1.165, 1.54) is 0 Å². The number of nitrogens with two attached hydrogens (primary N) is 1. The van der Waals surface area contributed by atoms with Crippen molar-refractivity contribution in [3.8, 4) is 0 Å². The first kappa shape index (κ1) is 20.4. The summed E-state index contributed by atoms with van der Waals surface area (Å²) in [5.41, 5.74) is 2.52. The number of hydrogen-bond acceptors (Lipinski definition) is 5. The number of aromatic carboxylic acids is 3. The molecule has 0 fully saturated rings. The Morgan fingerprint density at radius 1 is 0.857 bits per heavy atom. The molecule has 10 heteroatoms. The molecule has 28 heavy (non-hydrogen) atoms. The summed E-state index contributed by atoms with van der Waals surface area (Å²) in [6, 6.07) is 2.67. The van der Waals surface area contributed by atoms with E-state index < -0.39 is 68.3 Å². The molecular weight excluding hydrogens is 372 g/mol. The van der Waals surface area contributed by atoms with Gasteiger partial charge >= 0.3 is 17.9 Å². The number of hydrogen-bond donors (Lipinski definition) is 5. The van der Waals surface area contributed by atoms with Gasteiger partial charge in [-0.2, -0.15) is 0 Å². The normalized spacial score (nSPS) is 10.5. The maximum atomic E-state index is 12.6. The Hall–Kier alpha value is -3.95. The van der Waals surface area contributed by atoms with Crippen LogP contribution in [-0.2, 0) is 0 Å². The van der Waals surface area contributed by atoms with Crippen LogP contribution in [0.5, 0.6) is 0 Å². The highest BCUT2D eigenvalue weighted by Gasteiger charge is 2.29. The lowest BCUT2D eigenvalue weighted by Crippen LogP contribution is -2.28. The highest BCUT2D eigenvalue weighted by Crippen LogP contribution is 2.33. The first-order valence-corrected chi connectivity index (χ1v) is 8.03. The van der Waals surface area contributed by atoms with Crippen molar-refractivity contribution in [3.63, 3.8) is 0 Å². The Morgan fingerprint density at radius 2 is 1.36 bits per heavy atom. The van der Waals surface area contributed by atoms with Crippen LogP contribution in [-0.4, -0.2) is 51.6 Å². The molecule has 2 aromatic carbocycles. The van der Waals surface area contributed by atoms with E-state index in [0.29, 0.717) is 6.42 Å². The SMILES string of the molecule is CCCNC(=O)c1c(C(=O)O)cc(C(N)=O)c2c(C(=O)O)ccc(C(=O)O)c12. The van der Waals surface area contributed by atoms with Gasteiger partial charge in [0, 0.05) is 22.9 Å². The molecule has 0 heterocycles. The Morgan fingerprint density at radius 3 is 1.79 bits per heavy atom. The third-order valence-corrected chi connectivity index (χ3v) is 4.00. The van der Waals surface area contributed by atoms with E-state index in [4.69, 9.17) is 5.73 Å². The summed E-state index contributed by atoms with van der Waals surface area (Å²) >= 11 is 0. The summed E-state index contributed by atoms with van der Waals surface area (Å²) in [7, 11) is 0. The number of carboxylic acids is 3. The number of primary amides is 1. The maximum Gasteiger partial charge on any atom is 0.336 e. The zero-order valence-electron chi connectivity index (χ0n) is 14.6. The van der Waals surface area contributed by atoms with Crippen molar-refractivity contribution in [2.24, 2.45) is 5.73 Å². The molecule has 0 aliphatic heterocycles. The standard InChI is InChI=1S/C18H16N2O8/c1-2-5-20-15(22)13-10(18(27)28)6-9(14(19)21)11-7(16(23)24)3-4-8(12(11)13)17(25)26/h3-4,6H,2,5H2,1H3,(H2,19,21)(H,20,22)(H,23,24)(H,25,26)(H,27,28). The molecule has 0 atom stereocenters. The van der Waals surface area contributed by atoms with Crippen molar-refractivity contribution in [2.75, 3.05) is 6.54 Å². The third-order valence-electron chi connectivity index (χ3n) is 4.00. The summed E-state index contributed by atoms with van der Waals surface area (Å²) in [4.78, 5) is 59.6. The van der Waals surface area contributed by atoms with Gasteiger partial charge in [-0.25, -0.2) is 14.4 Å². The number of rotatable bonds is 7. The minimum absolute atomic E-state index is 0.165. The van der Waals surface area contributed by atoms with Gasteiger partial charge in [-0.1, -0.05) is 6.92 Å². The average Bonchev–Trinajstić information content (AvgIpc) is 2.62. The van der Waals surface area contributed by atoms with Gasteiger partial charge in [0.1, 0.15) is 0 Å². The Balaban J connectivity index is 3.19. The number of fused-ring (bicyclic) bond motifs is 1. The molecule has 10 nitrogen and oxygen atoms in total.